The zero-order valence-electron chi connectivity index (χ0n) is 11.0. The fourth-order valence-electron chi connectivity index (χ4n) is 2.78. The minimum atomic E-state index is 0.612. The molecule has 0 aromatic heterocycles. The van der Waals surface area contributed by atoms with Gasteiger partial charge < -0.3 is 5.32 Å². The average Bonchev–Trinajstić information content (AvgIpc) is 2.33. The van der Waals surface area contributed by atoms with Gasteiger partial charge in [-0.05, 0) is 36.0 Å². The second-order valence-electron chi connectivity index (χ2n) is 5.49. The standard InChI is InChI=1S/C15H21Cl2N/c1-10-4-3-5-15(11(10)2)18-9-12-6-7-13(16)8-14(12)17/h6-8,10-11,15,18H,3-5,9H2,1-2H3. The lowest BCUT2D eigenvalue weighted by atomic mass is 9.78. The molecule has 0 spiro atoms. The van der Waals surface area contributed by atoms with Crippen molar-refractivity contribution < 1.29 is 0 Å². The van der Waals surface area contributed by atoms with Gasteiger partial charge in [-0.3, -0.25) is 0 Å². The molecule has 100 valence electrons. The third-order valence-electron chi connectivity index (χ3n) is 4.28. The van der Waals surface area contributed by atoms with Gasteiger partial charge in [0.1, 0.15) is 0 Å². The first-order valence-corrected chi connectivity index (χ1v) is 7.51. The van der Waals surface area contributed by atoms with E-state index in [-0.39, 0.29) is 0 Å². The van der Waals surface area contributed by atoms with Gasteiger partial charge in [0.2, 0.25) is 0 Å². The predicted molar refractivity (Wildman–Crippen MR) is 79.3 cm³/mol. The summed E-state index contributed by atoms with van der Waals surface area (Å²) >= 11 is 12.1. The molecule has 18 heavy (non-hydrogen) atoms. The van der Waals surface area contributed by atoms with Crippen molar-refractivity contribution in [1.29, 1.82) is 0 Å². The molecule has 0 bridgehead atoms. The van der Waals surface area contributed by atoms with Crippen LogP contribution >= 0.6 is 23.2 Å². The molecule has 3 heteroatoms. The molecule has 1 fully saturated rings. The minimum absolute atomic E-state index is 0.612. The fraction of sp³-hybridized carbons (Fsp3) is 0.600. The Morgan fingerprint density at radius 3 is 2.72 bits per heavy atom. The van der Waals surface area contributed by atoms with Gasteiger partial charge >= 0.3 is 0 Å². The van der Waals surface area contributed by atoms with Crippen LogP contribution in [-0.2, 0) is 6.54 Å². The Bertz CT molecular complexity index is 405. The van der Waals surface area contributed by atoms with Crippen molar-refractivity contribution in [3.8, 4) is 0 Å². The summed E-state index contributed by atoms with van der Waals surface area (Å²) in [6.45, 7) is 5.54. The van der Waals surface area contributed by atoms with Gasteiger partial charge in [-0.1, -0.05) is 56.0 Å². The van der Waals surface area contributed by atoms with Crippen LogP contribution in [0.15, 0.2) is 18.2 Å². The van der Waals surface area contributed by atoms with Crippen molar-refractivity contribution in [3.63, 3.8) is 0 Å². The van der Waals surface area contributed by atoms with Crippen LogP contribution in [-0.4, -0.2) is 6.04 Å². The van der Waals surface area contributed by atoms with E-state index >= 15 is 0 Å². The number of hydrogen-bond donors (Lipinski definition) is 1. The largest absolute Gasteiger partial charge is 0.310 e. The molecule has 1 aliphatic rings. The molecule has 1 nitrogen and oxygen atoms in total. The summed E-state index contributed by atoms with van der Waals surface area (Å²) in [5.41, 5.74) is 1.13. The van der Waals surface area contributed by atoms with E-state index < -0.39 is 0 Å². The molecule has 0 radical (unpaired) electrons. The highest BCUT2D eigenvalue weighted by Crippen LogP contribution is 2.30. The van der Waals surface area contributed by atoms with Crippen molar-refractivity contribution in [2.24, 2.45) is 11.8 Å². The Labute approximate surface area is 120 Å². The van der Waals surface area contributed by atoms with E-state index in [1.807, 2.05) is 18.2 Å². The zero-order chi connectivity index (χ0) is 13.1. The van der Waals surface area contributed by atoms with E-state index in [1.165, 1.54) is 19.3 Å². The highest BCUT2D eigenvalue weighted by Gasteiger charge is 2.26. The molecule has 0 aliphatic heterocycles. The molecular formula is C15H21Cl2N. The van der Waals surface area contributed by atoms with Crippen LogP contribution < -0.4 is 5.32 Å². The minimum Gasteiger partial charge on any atom is -0.310 e. The van der Waals surface area contributed by atoms with Crippen LogP contribution in [0.3, 0.4) is 0 Å². The highest BCUT2D eigenvalue weighted by molar-refractivity contribution is 6.35. The van der Waals surface area contributed by atoms with Crippen LogP contribution in [0.2, 0.25) is 10.0 Å². The monoisotopic (exact) mass is 285 g/mol. The number of halogens is 2. The molecule has 1 N–H and O–H groups in total. The third-order valence-corrected chi connectivity index (χ3v) is 4.86. The van der Waals surface area contributed by atoms with Gasteiger partial charge in [-0.25, -0.2) is 0 Å². The maximum absolute atomic E-state index is 6.19. The second kappa shape index (κ2) is 6.27. The molecular weight excluding hydrogens is 265 g/mol. The average molecular weight is 286 g/mol. The SMILES string of the molecule is CC1CCCC(NCc2ccc(Cl)cc2Cl)C1C. The van der Waals surface area contributed by atoms with Crippen LogP contribution in [0.5, 0.6) is 0 Å². The number of rotatable bonds is 3. The molecule has 3 unspecified atom stereocenters. The maximum atomic E-state index is 6.19. The molecule has 1 aromatic rings. The van der Waals surface area contributed by atoms with Crippen molar-refractivity contribution >= 4 is 23.2 Å². The zero-order valence-corrected chi connectivity index (χ0v) is 12.6. The normalized spacial score (nSPS) is 28.3. The van der Waals surface area contributed by atoms with Crippen LogP contribution in [0, 0.1) is 11.8 Å². The number of benzene rings is 1. The first kappa shape index (κ1) is 14.2. The molecule has 3 atom stereocenters. The summed E-state index contributed by atoms with van der Waals surface area (Å²) < 4.78 is 0. The Kier molecular flexibility index (Phi) is 4.94. The molecule has 0 heterocycles. The number of nitrogens with one attached hydrogen (secondary N) is 1. The molecule has 1 saturated carbocycles. The summed E-state index contributed by atoms with van der Waals surface area (Å²) in [5.74, 6) is 1.56. The summed E-state index contributed by atoms with van der Waals surface area (Å²) in [6, 6.07) is 6.33. The van der Waals surface area contributed by atoms with E-state index in [1.54, 1.807) is 0 Å². The molecule has 1 aromatic carbocycles. The van der Waals surface area contributed by atoms with Crippen molar-refractivity contribution in [3.05, 3.63) is 33.8 Å². The van der Waals surface area contributed by atoms with Gasteiger partial charge in [0.15, 0.2) is 0 Å². The van der Waals surface area contributed by atoms with Gasteiger partial charge in [0.25, 0.3) is 0 Å². The van der Waals surface area contributed by atoms with E-state index in [9.17, 15) is 0 Å². The molecule has 1 aliphatic carbocycles. The Hall–Kier alpha value is -0.240. The fourth-order valence-corrected chi connectivity index (χ4v) is 3.25. The lowest BCUT2D eigenvalue weighted by Crippen LogP contribution is -2.40. The second-order valence-corrected chi connectivity index (χ2v) is 6.33. The predicted octanol–water partition coefficient (Wildman–Crippen LogP) is 4.91. The van der Waals surface area contributed by atoms with E-state index in [0.29, 0.717) is 11.1 Å². The Morgan fingerprint density at radius 2 is 2.00 bits per heavy atom. The molecule has 0 saturated heterocycles. The van der Waals surface area contributed by atoms with Crippen LogP contribution in [0.25, 0.3) is 0 Å². The summed E-state index contributed by atoms with van der Waals surface area (Å²) in [7, 11) is 0. The quantitative estimate of drug-likeness (QED) is 0.832. The van der Waals surface area contributed by atoms with Gasteiger partial charge in [-0.15, -0.1) is 0 Å². The third kappa shape index (κ3) is 3.40. The molecule has 2 rings (SSSR count). The summed E-state index contributed by atoms with van der Waals surface area (Å²) in [4.78, 5) is 0. The van der Waals surface area contributed by atoms with Crippen molar-refractivity contribution in [2.75, 3.05) is 0 Å². The first-order chi connectivity index (χ1) is 8.58. The lowest BCUT2D eigenvalue weighted by Gasteiger charge is -2.34. The van der Waals surface area contributed by atoms with Gasteiger partial charge in [0.05, 0.1) is 0 Å². The van der Waals surface area contributed by atoms with E-state index in [0.717, 1.165) is 29.0 Å². The topological polar surface area (TPSA) is 12.0 Å². The smallest absolute Gasteiger partial charge is 0.0465 e. The van der Waals surface area contributed by atoms with E-state index in [4.69, 9.17) is 23.2 Å². The Morgan fingerprint density at radius 1 is 1.22 bits per heavy atom. The van der Waals surface area contributed by atoms with Crippen molar-refractivity contribution in [1.82, 2.24) is 5.32 Å². The first-order valence-electron chi connectivity index (χ1n) is 6.75. The summed E-state index contributed by atoms with van der Waals surface area (Å²) in [6.07, 6.45) is 3.97. The van der Waals surface area contributed by atoms with Gasteiger partial charge in [-0.2, -0.15) is 0 Å². The molecule has 0 amide bonds. The van der Waals surface area contributed by atoms with Crippen molar-refractivity contribution in [2.45, 2.75) is 45.7 Å². The Balaban J connectivity index is 1.94. The van der Waals surface area contributed by atoms with E-state index in [2.05, 4.69) is 19.2 Å². The highest BCUT2D eigenvalue weighted by atomic mass is 35.5. The van der Waals surface area contributed by atoms with Crippen LogP contribution in [0.1, 0.15) is 38.7 Å². The summed E-state index contributed by atoms with van der Waals surface area (Å²) in [5, 5.41) is 5.10. The lowest BCUT2D eigenvalue weighted by molar-refractivity contribution is 0.206. The maximum Gasteiger partial charge on any atom is 0.0465 e. The van der Waals surface area contributed by atoms with Crippen LogP contribution in [0.4, 0.5) is 0 Å². The number of hydrogen-bond acceptors (Lipinski definition) is 1. The van der Waals surface area contributed by atoms with Gasteiger partial charge in [0, 0.05) is 22.6 Å².